The Morgan fingerprint density at radius 1 is 1.22 bits per heavy atom. The average Bonchev–Trinajstić information content (AvgIpc) is 2.64. The van der Waals surface area contributed by atoms with E-state index in [-0.39, 0.29) is 23.1 Å². The number of aromatic nitrogens is 4. The lowest BCUT2D eigenvalue weighted by Gasteiger charge is -2.21. The van der Waals surface area contributed by atoms with Crippen LogP contribution >= 0.6 is 23.2 Å². The van der Waals surface area contributed by atoms with E-state index in [4.69, 9.17) is 28.3 Å². The third kappa shape index (κ3) is 3.98. The molecule has 144 valence electrons. The summed E-state index contributed by atoms with van der Waals surface area (Å²) in [7, 11) is 0. The Morgan fingerprint density at radius 2 is 2.00 bits per heavy atom. The number of fused-ring (bicyclic) bond motifs is 2. The molecule has 0 amide bonds. The van der Waals surface area contributed by atoms with Crippen LogP contribution in [0.4, 0.5) is 0 Å². The molecule has 0 unspecified atom stereocenters. The van der Waals surface area contributed by atoms with Gasteiger partial charge < -0.3 is 14.6 Å². The molecule has 1 aromatic carbocycles. The molecule has 2 aliphatic rings. The zero-order chi connectivity index (χ0) is 19.6. The molecule has 0 fully saturated rings. The number of hydrogen-bond donors (Lipinski definition) is 2. The smallest absolute Gasteiger partial charge is 0.349 e. The molecule has 0 atom stereocenters. The summed E-state index contributed by atoms with van der Waals surface area (Å²) in [6.45, 7) is 4.74. The van der Waals surface area contributed by atoms with Crippen LogP contribution < -0.4 is 11.2 Å². The van der Waals surface area contributed by atoms with E-state index in [0.29, 0.717) is 29.1 Å². The summed E-state index contributed by atoms with van der Waals surface area (Å²) in [5, 5.41) is 9.69. The summed E-state index contributed by atoms with van der Waals surface area (Å²) in [5.41, 5.74) is -0.288. The molecule has 0 aliphatic carbocycles. The van der Waals surface area contributed by atoms with Crippen LogP contribution in [-0.4, -0.2) is 55.8 Å². The molecule has 2 heterocycles. The van der Waals surface area contributed by atoms with Gasteiger partial charge in [-0.2, -0.15) is 4.98 Å². The number of hydrogen-bond acceptors (Lipinski definition) is 6. The van der Waals surface area contributed by atoms with E-state index < -0.39 is 11.2 Å². The summed E-state index contributed by atoms with van der Waals surface area (Å²) in [5.74, 6) is 0.208. The van der Waals surface area contributed by atoms with Gasteiger partial charge in [-0.3, -0.25) is 9.78 Å². The number of likely N-dealkylation sites (N-methyl/N-ethyl adjacent to an activating group) is 1. The van der Waals surface area contributed by atoms with Gasteiger partial charge in [0, 0.05) is 13.1 Å². The quantitative estimate of drug-likeness (QED) is 0.572. The molecule has 0 saturated carbocycles. The molecule has 10 heteroatoms. The Hall–Kier alpha value is -2.00. The highest BCUT2D eigenvalue weighted by atomic mass is 35.5. The topological polar surface area (TPSA) is 104 Å². The van der Waals surface area contributed by atoms with Crippen LogP contribution in [0.25, 0.3) is 22.6 Å². The van der Waals surface area contributed by atoms with Gasteiger partial charge in [0.1, 0.15) is 5.52 Å². The average molecular weight is 412 g/mol. The van der Waals surface area contributed by atoms with Crippen LogP contribution in [0, 0.1) is 0 Å². The third-order valence-electron chi connectivity index (χ3n) is 4.39. The minimum atomic E-state index is -0.724. The largest absolute Gasteiger partial charge is 0.395 e. The first-order valence-corrected chi connectivity index (χ1v) is 9.33. The fourth-order valence-electron chi connectivity index (χ4n) is 3.05. The standard InChI is InChI=1S/C17H19Cl2N5O3/c1-2-23(8-9-25)6-3-7-24-11-5-4-10(18)12(19)13(11)20-14-15(24)21-17(27)22-16(14)26/h4-5,25H,2-3,6-9H2,1H3,(H,22,26,27). The van der Waals surface area contributed by atoms with E-state index in [9.17, 15) is 9.59 Å². The molecule has 0 spiro atoms. The fourth-order valence-corrected chi connectivity index (χ4v) is 3.41. The van der Waals surface area contributed by atoms with Gasteiger partial charge in [-0.05, 0) is 31.6 Å². The summed E-state index contributed by atoms with van der Waals surface area (Å²) in [6, 6.07) is 3.39. The van der Waals surface area contributed by atoms with Gasteiger partial charge in [-0.1, -0.05) is 30.1 Å². The second-order valence-corrected chi connectivity index (χ2v) is 6.83. The maximum Gasteiger partial charge on any atom is 0.349 e. The molecule has 0 radical (unpaired) electrons. The molecule has 1 aromatic rings. The van der Waals surface area contributed by atoms with Crippen LogP contribution in [0.1, 0.15) is 13.3 Å². The molecule has 0 bridgehead atoms. The number of nitrogens with one attached hydrogen (secondary N) is 1. The second-order valence-electron chi connectivity index (χ2n) is 6.05. The van der Waals surface area contributed by atoms with Gasteiger partial charge in [0.05, 0.1) is 22.2 Å². The number of aromatic amines is 1. The van der Waals surface area contributed by atoms with Crippen molar-refractivity contribution in [1.29, 1.82) is 0 Å². The number of benzene rings is 1. The summed E-state index contributed by atoms with van der Waals surface area (Å²) in [6.07, 6.45) is 0.718. The predicted octanol–water partition coefficient (Wildman–Crippen LogP) is 1.60. The van der Waals surface area contributed by atoms with Gasteiger partial charge >= 0.3 is 5.69 Å². The van der Waals surface area contributed by atoms with Crippen molar-refractivity contribution in [1.82, 2.24) is 24.4 Å². The summed E-state index contributed by atoms with van der Waals surface area (Å²) < 4.78 is 1.77. The molecule has 2 aliphatic heterocycles. The fraction of sp³-hybridized carbons (Fsp3) is 0.412. The lowest BCUT2D eigenvalue weighted by atomic mass is 10.2. The van der Waals surface area contributed by atoms with Crippen molar-refractivity contribution >= 4 is 34.2 Å². The normalized spacial score (nSPS) is 11.7. The number of rotatable bonds is 7. The number of aliphatic hydroxyl groups excluding tert-OH is 1. The van der Waals surface area contributed by atoms with Gasteiger partial charge in [-0.15, -0.1) is 0 Å². The number of aliphatic hydroxyl groups is 1. The number of halogens is 2. The van der Waals surface area contributed by atoms with Crippen LogP contribution in [-0.2, 0) is 6.54 Å². The Balaban J connectivity index is 2.11. The first-order chi connectivity index (χ1) is 13.0. The molecular weight excluding hydrogens is 393 g/mol. The van der Waals surface area contributed by atoms with Gasteiger partial charge in [0.2, 0.25) is 0 Å². The second kappa shape index (κ2) is 8.35. The number of aryl methyl sites for hydroxylation is 1. The Morgan fingerprint density at radius 3 is 2.70 bits per heavy atom. The van der Waals surface area contributed by atoms with Crippen LogP contribution in [0.2, 0.25) is 10.0 Å². The highest BCUT2D eigenvalue weighted by Gasteiger charge is 2.20. The zero-order valence-electron chi connectivity index (χ0n) is 14.7. The lowest BCUT2D eigenvalue weighted by molar-refractivity contribution is 0.199. The SMILES string of the molecule is CCN(CCO)CCCn1c2nc(=O)[nH]c(=O)c-2nc2c(Cl)c(Cl)ccc21. The predicted molar refractivity (Wildman–Crippen MR) is 105 cm³/mol. The Bertz CT molecular complexity index is 1050. The van der Waals surface area contributed by atoms with E-state index in [2.05, 4.69) is 19.9 Å². The molecule has 0 aromatic heterocycles. The molecule has 3 rings (SSSR count). The van der Waals surface area contributed by atoms with E-state index >= 15 is 0 Å². The maximum atomic E-state index is 12.2. The van der Waals surface area contributed by atoms with Crippen molar-refractivity contribution in [3.63, 3.8) is 0 Å². The van der Waals surface area contributed by atoms with Crippen molar-refractivity contribution in [2.45, 2.75) is 19.9 Å². The molecule has 2 N–H and O–H groups in total. The van der Waals surface area contributed by atoms with Gasteiger partial charge in [0.25, 0.3) is 5.56 Å². The Kier molecular flexibility index (Phi) is 6.11. The first kappa shape index (κ1) is 19.8. The minimum absolute atomic E-state index is 0.0361. The maximum absolute atomic E-state index is 12.2. The number of nitrogens with zero attached hydrogens (tertiary/aromatic N) is 4. The van der Waals surface area contributed by atoms with E-state index in [1.807, 2.05) is 6.92 Å². The van der Waals surface area contributed by atoms with Gasteiger partial charge in [-0.25, -0.2) is 9.78 Å². The summed E-state index contributed by atoms with van der Waals surface area (Å²) >= 11 is 12.4. The highest BCUT2D eigenvalue weighted by Crippen LogP contribution is 2.31. The van der Waals surface area contributed by atoms with Crippen LogP contribution in [0.5, 0.6) is 0 Å². The van der Waals surface area contributed by atoms with E-state index in [1.54, 1.807) is 16.7 Å². The third-order valence-corrected chi connectivity index (χ3v) is 5.19. The first-order valence-electron chi connectivity index (χ1n) is 8.58. The Labute approximate surface area is 164 Å². The van der Waals surface area contributed by atoms with Crippen LogP contribution in [0.3, 0.4) is 0 Å². The van der Waals surface area contributed by atoms with Crippen molar-refractivity contribution in [3.8, 4) is 11.5 Å². The highest BCUT2D eigenvalue weighted by molar-refractivity contribution is 6.44. The van der Waals surface area contributed by atoms with Crippen LogP contribution in [0.15, 0.2) is 21.7 Å². The van der Waals surface area contributed by atoms with E-state index in [0.717, 1.165) is 19.5 Å². The van der Waals surface area contributed by atoms with Crippen molar-refractivity contribution < 1.29 is 5.11 Å². The van der Waals surface area contributed by atoms with Crippen molar-refractivity contribution in [2.24, 2.45) is 0 Å². The lowest BCUT2D eigenvalue weighted by Crippen LogP contribution is -2.30. The van der Waals surface area contributed by atoms with Crippen molar-refractivity contribution in [2.75, 3.05) is 26.2 Å². The van der Waals surface area contributed by atoms with Gasteiger partial charge in [0.15, 0.2) is 11.5 Å². The molecular formula is C17H19Cl2N5O3. The minimum Gasteiger partial charge on any atom is -0.395 e. The monoisotopic (exact) mass is 411 g/mol. The number of H-pyrrole nitrogens is 1. The molecule has 0 saturated heterocycles. The zero-order valence-corrected chi connectivity index (χ0v) is 16.2. The van der Waals surface area contributed by atoms with Crippen molar-refractivity contribution in [3.05, 3.63) is 43.0 Å². The van der Waals surface area contributed by atoms with E-state index in [1.165, 1.54) is 0 Å². The molecule has 27 heavy (non-hydrogen) atoms. The molecule has 8 nitrogen and oxygen atoms in total. The summed E-state index contributed by atoms with van der Waals surface area (Å²) in [4.78, 5) is 36.4.